The van der Waals surface area contributed by atoms with E-state index in [2.05, 4.69) is 20.1 Å². The van der Waals surface area contributed by atoms with E-state index in [0.29, 0.717) is 29.0 Å². The van der Waals surface area contributed by atoms with E-state index in [1.54, 1.807) is 0 Å². The van der Waals surface area contributed by atoms with Gasteiger partial charge in [0.15, 0.2) is 5.69 Å². The quantitative estimate of drug-likeness (QED) is 0.864. The van der Waals surface area contributed by atoms with Crippen molar-refractivity contribution in [2.24, 2.45) is 11.5 Å². The fraction of sp³-hybridized carbons (Fsp3) is 0.500. The molecule has 116 valence electrons. The zero-order valence-corrected chi connectivity index (χ0v) is 12.2. The van der Waals surface area contributed by atoms with Gasteiger partial charge in [0.25, 0.3) is 5.91 Å². The van der Waals surface area contributed by atoms with Gasteiger partial charge in [-0.15, -0.1) is 0 Å². The smallest absolute Gasteiger partial charge is 0.269 e. The summed E-state index contributed by atoms with van der Waals surface area (Å²) >= 11 is 0. The maximum Gasteiger partial charge on any atom is 0.269 e. The van der Waals surface area contributed by atoms with Gasteiger partial charge in [-0.05, 0) is 12.8 Å². The number of hydrogen-bond acceptors (Lipinski definition) is 7. The summed E-state index contributed by atoms with van der Waals surface area (Å²) in [5.41, 5.74) is 11.6. The van der Waals surface area contributed by atoms with Gasteiger partial charge in [-0.2, -0.15) is 4.98 Å². The van der Waals surface area contributed by atoms with Gasteiger partial charge in [0.1, 0.15) is 5.69 Å². The maximum absolute atomic E-state index is 11.4. The van der Waals surface area contributed by atoms with E-state index in [4.69, 9.17) is 16.0 Å². The first-order chi connectivity index (χ1) is 10.7. The van der Waals surface area contributed by atoms with Crippen LogP contribution >= 0.6 is 0 Å². The zero-order chi connectivity index (χ0) is 15.5. The molecule has 3 rings (SSSR count). The third-order valence-corrected chi connectivity index (χ3v) is 3.90. The van der Waals surface area contributed by atoms with Crippen LogP contribution in [0.5, 0.6) is 0 Å². The van der Waals surface area contributed by atoms with Gasteiger partial charge in [-0.1, -0.05) is 24.4 Å². The maximum atomic E-state index is 11.4. The Labute approximate surface area is 127 Å². The molecule has 0 aliphatic heterocycles. The summed E-state index contributed by atoms with van der Waals surface area (Å²) in [5.74, 6) is 0.576. The minimum atomic E-state index is -0.675. The number of carbonyl (C=O) groups is 1. The molecule has 1 aliphatic carbocycles. The molecule has 2 heterocycles. The van der Waals surface area contributed by atoms with Crippen LogP contribution in [0, 0.1) is 0 Å². The molecule has 0 saturated heterocycles. The molecule has 2 aromatic heterocycles. The van der Waals surface area contributed by atoms with Gasteiger partial charge in [0.05, 0.1) is 11.9 Å². The second-order valence-electron chi connectivity index (χ2n) is 5.41. The van der Waals surface area contributed by atoms with Crippen molar-refractivity contribution in [2.45, 2.75) is 44.6 Å². The fourth-order valence-electron chi connectivity index (χ4n) is 2.72. The Morgan fingerprint density at radius 1 is 1.27 bits per heavy atom. The van der Waals surface area contributed by atoms with Crippen molar-refractivity contribution in [3.05, 3.63) is 23.5 Å². The molecular weight excluding hydrogens is 284 g/mol. The van der Waals surface area contributed by atoms with Crippen LogP contribution in [0.4, 0.5) is 0 Å². The highest BCUT2D eigenvalue weighted by Crippen LogP contribution is 2.32. The van der Waals surface area contributed by atoms with Crippen molar-refractivity contribution in [1.82, 2.24) is 20.1 Å². The second-order valence-corrected chi connectivity index (χ2v) is 5.41. The van der Waals surface area contributed by atoms with E-state index in [-0.39, 0.29) is 12.2 Å². The minimum Gasteiger partial charge on any atom is -0.364 e. The summed E-state index contributed by atoms with van der Waals surface area (Å²) in [7, 11) is 0. The largest absolute Gasteiger partial charge is 0.364 e. The minimum absolute atomic E-state index is 0.0454. The van der Waals surface area contributed by atoms with Crippen LogP contribution in [0.25, 0.3) is 11.5 Å². The van der Waals surface area contributed by atoms with Gasteiger partial charge in [-0.3, -0.25) is 9.78 Å². The predicted octanol–water partition coefficient (Wildman–Crippen LogP) is 1.13. The molecule has 0 atom stereocenters. The van der Waals surface area contributed by atoms with Crippen molar-refractivity contribution in [2.75, 3.05) is 0 Å². The number of amides is 1. The first kappa shape index (κ1) is 14.6. The molecule has 2 aromatic rings. The fourth-order valence-corrected chi connectivity index (χ4v) is 2.72. The number of nitrogens with two attached hydrogens (primary N) is 2. The van der Waals surface area contributed by atoms with Gasteiger partial charge in [-0.25, -0.2) is 4.98 Å². The summed E-state index contributed by atoms with van der Waals surface area (Å²) < 4.78 is 5.35. The highest BCUT2D eigenvalue weighted by Gasteiger charge is 2.23. The van der Waals surface area contributed by atoms with E-state index in [9.17, 15) is 4.79 Å². The summed E-state index contributed by atoms with van der Waals surface area (Å²) in [5, 5.41) is 3.95. The molecule has 0 aromatic carbocycles. The van der Waals surface area contributed by atoms with Crippen molar-refractivity contribution in [3.63, 3.8) is 0 Å². The summed E-state index contributed by atoms with van der Waals surface area (Å²) in [6.07, 6.45) is 7.21. The number of primary amides is 1. The molecule has 0 spiro atoms. The van der Waals surface area contributed by atoms with E-state index in [1.807, 2.05) is 0 Å². The van der Waals surface area contributed by atoms with Crippen LogP contribution in [0.1, 0.15) is 60.1 Å². The Balaban J connectivity index is 1.89. The number of aromatic nitrogens is 4. The molecule has 1 amide bonds. The molecule has 4 N–H and O–H groups in total. The molecular formula is C14H18N6O2. The predicted molar refractivity (Wildman–Crippen MR) is 77.6 cm³/mol. The molecule has 22 heavy (non-hydrogen) atoms. The summed E-state index contributed by atoms with van der Waals surface area (Å²) in [6.45, 7) is 0.0884. The monoisotopic (exact) mass is 302 g/mol. The Kier molecular flexibility index (Phi) is 4.10. The zero-order valence-electron chi connectivity index (χ0n) is 12.2. The molecule has 1 saturated carbocycles. The Hall–Kier alpha value is -2.35. The lowest BCUT2D eigenvalue weighted by Gasteiger charge is -2.17. The molecule has 1 fully saturated rings. The molecule has 8 nitrogen and oxygen atoms in total. The van der Waals surface area contributed by atoms with Crippen molar-refractivity contribution < 1.29 is 9.32 Å². The lowest BCUT2D eigenvalue weighted by molar-refractivity contribution is 0.0994. The number of rotatable bonds is 4. The first-order valence-corrected chi connectivity index (χ1v) is 7.38. The number of carbonyl (C=O) groups excluding carboxylic acids is 1. The molecule has 0 bridgehead atoms. The average molecular weight is 302 g/mol. The highest BCUT2D eigenvalue weighted by molar-refractivity contribution is 5.92. The Morgan fingerprint density at radius 3 is 2.73 bits per heavy atom. The van der Waals surface area contributed by atoms with Crippen molar-refractivity contribution >= 4 is 5.91 Å². The SMILES string of the molecule is NCc1ncc(-c2noc(C3CCCCC3)n2)nc1C(N)=O. The topological polar surface area (TPSA) is 134 Å². The van der Waals surface area contributed by atoms with E-state index >= 15 is 0 Å². The van der Waals surface area contributed by atoms with E-state index < -0.39 is 5.91 Å². The lowest BCUT2D eigenvalue weighted by atomic mass is 9.89. The number of nitrogens with zero attached hydrogens (tertiary/aromatic N) is 4. The average Bonchev–Trinajstić information content (AvgIpc) is 3.05. The van der Waals surface area contributed by atoms with Gasteiger partial charge in [0, 0.05) is 12.5 Å². The highest BCUT2D eigenvalue weighted by atomic mass is 16.5. The standard InChI is InChI=1S/C14H18N6O2/c15-6-9-11(12(16)21)18-10(7-17-9)13-19-14(22-20-13)8-4-2-1-3-5-8/h7-8H,1-6,15H2,(H2,16,21). The Morgan fingerprint density at radius 2 is 2.05 bits per heavy atom. The molecule has 8 heteroatoms. The third-order valence-electron chi connectivity index (χ3n) is 3.90. The molecule has 1 aliphatic rings. The third kappa shape index (κ3) is 2.82. The van der Waals surface area contributed by atoms with Crippen molar-refractivity contribution in [1.29, 1.82) is 0 Å². The molecule has 0 unspecified atom stereocenters. The summed E-state index contributed by atoms with van der Waals surface area (Å²) in [6, 6.07) is 0. The number of hydrogen-bond donors (Lipinski definition) is 2. The van der Waals surface area contributed by atoms with Crippen LogP contribution in [0.15, 0.2) is 10.7 Å². The summed E-state index contributed by atoms with van der Waals surface area (Å²) in [4.78, 5) is 24.1. The van der Waals surface area contributed by atoms with E-state index in [0.717, 1.165) is 12.8 Å². The van der Waals surface area contributed by atoms with Crippen molar-refractivity contribution in [3.8, 4) is 11.5 Å². The lowest BCUT2D eigenvalue weighted by Crippen LogP contribution is -2.19. The van der Waals surface area contributed by atoms with Gasteiger partial charge >= 0.3 is 0 Å². The van der Waals surface area contributed by atoms with Crippen LogP contribution in [0.2, 0.25) is 0 Å². The van der Waals surface area contributed by atoms with E-state index in [1.165, 1.54) is 25.5 Å². The van der Waals surface area contributed by atoms with Gasteiger partial charge in [0.2, 0.25) is 11.7 Å². The van der Waals surface area contributed by atoms with Gasteiger partial charge < -0.3 is 16.0 Å². The molecule has 0 radical (unpaired) electrons. The van der Waals surface area contributed by atoms with Crippen LogP contribution < -0.4 is 11.5 Å². The first-order valence-electron chi connectivity index (χ1n) is 7.38. The normalized spacial score (nSPS) is 15.9. The second kappa shape index (κ2) is 6.18. The van der Waals surface area contributed by atoms with Crippen LogP contribution in [-0.4, -0.2) is 26.0 Å². The van der Waals surface area contributed by atoms with Crippen LogP contribution in [-0.2, 0) is 6.54 Å². The van der Waals surface area contributed by atoms with Crippen LogP contribution in [0.3, 0.4) is 0 Å². The Bertz CT molecular complexity index is 678.